The topological polar surface area (TPSA) is 3.24 Å². The van der Waals surface area contributed by atoms with E-state index in [0.717, 1.165) is 43.8 Å². The predicted molar refractivity (Wildman–Crippen MR) is 218 cm³/mol. The van der Waals surface area contributed by atoms with Crippen LogP contribution in [0.1, 0.15) is 11.0 Å². The molecule has 0 bridgehead atoms. The van der Waals surface area contributed by atoms with Gasteiger partial charge in [-0.2, -0.15) is 0 Å². The number of fused-ring (bicyclic) bond motifs is 2. The lowest BCUT2D eigenvalue weighted by Gasteiger charge is -2.27. The van der Waals surface area contributed by atoms with Gasteiger partial charge in [-0.05, 0) is 114 Å². The van der Waals surface area contributed by atoms with E-state index in [1.807, 2.05) is 146 Å². The van der Waals surface area contributed by atoms with Crippen LogP contribution in [-0.2, 0) is 0 Å². The van der Waals surface area contributed by atoms with E-state index >= 15 is 0 Å². The Balaban J connectivity index is 1.32. The summed E-state index contributed by atoms with van der Waals surface area (Å²) in [4.78, 5) is 1.41. The zero-order valence-electron chi connectivity index (χ0n) is 35.5. The molecule has 9 aromatic rings. The molecule has 0 saturated carbocycles. The summed E-state index contributed by atoms with van der Waals surface area (Å²) in [6.45, 7) is 0. The van der Waals surface area contributed by atoms with E-state index in [0.29, 0.717) is 16.8 Å². The molecular weight excluding hydrogens is 615 g/mol. The first kappa shape index (κ1) is 22.8. The quantitative estimate of drug-likeness (QED) is 0.165. The molecule has 0 radical (unpaired) electrons. The molecule has 0 atom stereocenters. The Morgan fingerprint density at radius 2 is 0.980 bits per heavy atom. The zero-order valence-corrected chi connectivity index (χ0v) is 27.5. The molecule has 0 saturated heterocycles. The van der Waals surface area contributed by atoms with E-state index in [-0.39, 0.29) is 58.8 Å². The summed E-state index contributed by atoms with van der Waals surface area (Å²) >= 11 is 0. The van der Waals surface area contributed by atoms with Gasteiger partial charge in [-0.1, -0.05) is 164 Å². The van der Waals surface area contributed by atoms with Crippen LogP contribution in [0, 0.1) is 0 Å². The summed E-state index contributed by atoms with van der Waals surface area (Å²) in [5.74, 6) is 0. The highest BCUT2D eigenvalue weighted by Crippen LogP contribution is 2.40. The van der Waals surface area contributed by atoms with Gasteiger partial charge in [0.15, 0.2) is 0 Å². The van der Waals surface area contributed by atoms with E-state index in [9.17, 15) is 8.22 Å². The van der Waals surface area contributed by atoms with Crippen molar-refractivity contribution in [1.82, 2.24) is 0 Å². The van der Waals surface area contributed by atoms with Gasteiger partial charge in [-0.15, -0.1) is 0 Å². The SMILES string of the molecule is [2H]c1c([2H])c(-c2ccc3ccccc3c2)c([2H])c(N(c2cccc(-c3cccc4ccccc34)c2)c2c([2H])c([2H])c(-c3cccc(-c4ccccc4)c3)c([2H])c2[2H])c1[2H]. The molecule has 240 valence electrons. The van der Waals surface area contributed by atoms with Crippen LogP contribution in [0.3, 0.4) is 0 Å². The predicted octanol–water partition coefficient (Wildman–Crippen LogP) is 14.1. The van der Waals surface area contributed by atoms with Crippen LogP contribution in [0.25, 0.3) is 66.1 Å². The zero-order chi connectivity index (χ0) is 40.9. The van der Waals surface area contributed by atoms with Crippen molar-refractivity contribution in [3.63, 3.8) is 0 Å². The van der Waals surface area contributed by atoms with Crippen LogP contribution in [0.15, 0.2) is 212 Å². The summed E-state index contributed by atoms with van der Waals surface area (Å²) in [6, 6.07) is 48.9. The number of anilines is 3. The first-order valence-electron chi connectivity index (χ1n) is 20.9. The Kier molecular flexibility index (Phi) is 5.96. The molecule has 9 rings (SSSR count). The molecule has 0 heterocycles. The van der Waals surface area contributed by atoms with E-state index < -0.39 is 12.1 Å². The van der Waals surface area contributed by atoms with Crippen molar-refractivity contribution < 1.29 is 11.0 Å². The normalized spacial score (nSPS) is 13.3. The molecule has 0 aliphatic rings. The molecule has 1 heteroatoms. The molecule has 0 N–H and O–H groups in total. The smallest absolute Gasteiger partial charge is 0.0651 e. The first-order valence-corrected chi connectivity index (χ1v) is 16.9. The fourth-order valence-electron chi connectivity index (χ4n) is 6.64. The number of hydrogen-bond donors (Lipinski definition) is 0. The van der Waals surface area contributed by atoms with Gasteiger partial charge < -0.3 is 4.90 Å². The van der Waals surface area contributed by atoms with Crippen LogP contribution >= 0.6 is 0 Å². The third-order valence-electron chi connectivity index (χ3n) is 9.17. The van der Waals surface area contributed by atoms with Crippen molar-refractivity contribution in [3.8, 4) is 44.5 Å². The highest BCUT2D eigenvalue weighted by atomic mass is 15.1. The number of hydrogen-bond acceptors (Lipinski definition) is 1. The summed E-state index contributed by atoms with van der Waals surface area (Å²) in [5, 5.41) is 3.87. The minimum Gasteiger partial charge on any atom is -0.310 e. The fraction of sp³-hybridized carbons (Fsp3) is 0. The Labute approximate surface area is 310 Å². The molecule has 0 spiro atoms. The van der Waals surface area contributed by atoms with Gasteiger partial charge in [0.2, 0.25) is 0 Å². The standard InChI is InChI=1S/C50H35N/c1-2-12-36(13-3-1)41-18-8-19-42(32-41)38-28-30-46(31-29-38)51(47-22-9-20-43(34-47)44-27-26-37-14-4-5-16-40(37)33-44)48-23-10-21-45(35-48)50-25-11-17-39-15-6-7-24-49(39)50/h1-35H/i9D,20D,22D,28D,29D,30D,31D,34D. The fourth-order valence-corrected chi connectivity index (χ4v) is 6.64. The summed E-state index contributed by atoms with van der Waals surface area (Å²) in [6.07, 6.45) is 0. The number of nitrogens with zero attached hydrogens (tertiary/aromatic N) is 1. The van der Waals surface area contributed by atoms with Crippen molar-refractivity contribution in [2.24, 2.45) is 0 Å². The molecular formula is C50H35N. The van der Waals surface area contributed by atoms with Crippen molar-refractivity contribution in [2.45, 2.75) is 0 Å². The lowest BCUT2D eigenvalue weighted by molar-refractivity contribution is 1.28. The molecule has 51 heavy (non-hydrogen) atoms. The summed E-state index contributed by atoms with van der Waals surface area (Å²) in [7, 11) is 0. The third-order valence-corrected chi connectivity index (χ3v) is 9.17. The van der Waals surface area contributed by atoms with E-state index in [1.54, 1.807) is 18.2 Å². The van der Waals surface area contributed by atoms with E-state index in [4.69, 9.17) is 2.74 Å². The molecule has 0 aromatic heterocycles. The molecule has 0 amide bonds. The average Bonchev–Trinajstić information content (AvgIpc) is 3.27. The molecule has 0 aliphatic carbocycles. The number of benzene rings is 9. The Hall–Kier alpha value is -6.70. The van der Waals surface area contributed by atoms with Gasteiger partial charge in [0.25, 0.3) is 0 Å². The van der Waals surface area contributed by atoms with Gasteiger partial charge in [-0.3, -0.25) is 0 Å². The first-order chi connectivity index (χ1) is 28.6. The number of rotatable bonds is 7. The van der Waals surface area contributed by atoms with Gasteiger partial charge in [0.05, 0.1) is 11.0 Å². The van der Waals surface area contributed by atoms with Crippen LogP contribution in [0.5, 0.6) is 0 Å². The van der Waals surface area contributed by atoms with Crippen LogP contribution < -0.4 is 4.90 Å². The Morgan fingerprint density at radius 3 is 1.84 bits per heavy atom. The van der Waals surface area contributed by atoms with Crippen molar-refractivity contribution in [3.05, 3.63) is 212 Å². The maximum Gasteiger partial charge on any atom is 0.0651 e. The highest BCUT2D eigenvalue weighted by Gasteiger charge is 2.16. The van der Waals surface area contributed by atoms with Crippen molar-refractivity contribution >= 4 is 38.6 Å². The van der Waals surface area contributed by atoms with Gasteiger partial charge in [0, 0.05) is 17.1 Å². The Bertz CT molecular complexity index is 3070. The second kappa shape index (κ2) is 13.3. The van der Waals surface area contributed by atoms with Crippen LogP contribution in [0.4, 0.5) is 17.1 Å². The Morgan fingerprint density at radius 1 is 0.333 bits per heavy atom. The molecule has 0 unspecified atom stereocenters. The van der Waals surface area contributed by atoms with Gasteiger partial charge in [-0.25, -0.2) is 0 Å². The molecule has 0 aliphatic heterocycles. The van der Waals surface area contributed by atoms with Crippen molar-refractivity contribution in [2.75, 3.05) is 4.90 Å². The maximum atomic E-state index is 9.77. The molecule has 9 aromatic carbocycles. The summed E-state index contributed by atoms with van der Waals surface area (Å²) < 4.78 is 75.4. The van der Waals surface area contributed by atoms with Crippen molar-refractivity contribution in [1.29, 1.82) is 0 Å². The largest absolute Gasteiger partial charge is 0.310 e. The van der Waals surface area contributed by atoms with Crippen LogP contribution in [0.2, 0.25) is 0 Å². The summed E-state index contributed by atoms with van der Waals surface area (Å²) in [5.41, 5.74) is 4.78. The minimum absolute atomic E-state index is 0.114. The average molecular weight is 658 g/mol. The monoisotopic (exact) mass is 657 g/mol. The lowest BCUT2D eigenvalue weighted by Crippen LogP contribution is -2.10. The lowest BCUT2D eigenvalue weighted by atomic mass is 9.97. The van der Waals surface area contributed by atoms with E-state index in [1.165, 1.54) is 4.90 Å². The second-order valence-corrected chi connectivity index (χ2v) is 12.4. The molecule has 1 nitrogen and oxygen atoms in total. The van der Waals surface area contributed by atoms with Gasteiger partial charge in [0.1, 0.15) is 0 Å². The third kappa shape index (κ3) is 6.07. The molecule has 0 fully saturated rings. The van der Waals surface area contributed by atoms with Gasteiger partial charge >= 0.3 is 0 Å². The van der Waals surface area contributed by atoms with Crippen LogP contribution in [-0.4, -0.2) is 0 Å². The second-order valence-electron chi connectivity index (χ2n) is 12.4. The minimum atomic E-state index is -0.448. The highest BCUT2D eigenvalue weighted by molar-refractivity contribution is 5.97. The van der Waals surface area contributed by atoms with E-state index in [2.05, 4.69) is 0 Å². The maximum absolute atomic E-state index is 9.77.